The number of fused-ring (bicyclic) bond motifs is 1. The van der Waals surface area contributed by atoms with Crippen LogP contribution in [-0.4, -0.2) is 22.7 Å². The van der Waals surface area contributed by atoms with Gasteiger partial charge in [0.1, 0.15) is 11.6 Å². The number of aromatic nitrogens is 2. The largest absolute Gasteiger partial charge is 0.481 e. The number of carbonyl (C=O) groups is 1. The Kier molecular flexibility index (Phi) is 2.51. The smallest absolute Gasteiger partial charge is 0.262 e. The maximum atomic E-state index is 14.2. The van der Waals surface area contributed by atoms with E-state index in [0.29, 0.717) is 28.3 Å². The molecule has 98 valence electrons. The molecule has 3 rings (SSSR count). The number of carbonyl (C=O) groups excluding carboxylic acids is 1. The molecule has 1 aliphatic rings. The number of hydrogen-bond acceptors (Lipinski definition) is 3. The zero-order chi connectivity index (χ0) is 13.6. The number of ether oxygens (including phenoxy) is 1. The molecule has 19 heavy (non-hydrogen) atoms. The van der Waals surface area contributed by atoms with Crippen molar-refractivity contribution in [3.8, 4) is 16.9 Å². The Morgan fingerprint density at radius 1 is 1.37 bits per heavy atom. The van der Waals surface area contributed by atoms with Crippen LogP contribution in [0, 0.1) is 19.7 Å². The number of rotatable bonds is 1. The summed E-state index contributed by atoms with van der Waals surface area (Å²) in [5.41, 5.74) is 3.07. The maximum absolute atomic E-state index is 14.2. The average molecular weight is 261 g/mol. The van der Waals surface area contributed by atoms with Gasteiger partial charge in [-0.1, -0.05) is 0 Å². The highest BCUT2D eigenvalue weighted by Gasteiger charge is 2.21. The van der Waals surface area contributed by atoms with Crippen molar-refractivity contribution in [2.24, 2.45) is 0 Å². The molecule has 1 aliphatic heterocycles. The molecule has 1 amide bonds. The third-order valence-corrected chi connectivity index (χ3v) is 3.10. The first kappa shape index (κ1) is 11.7. The minimum absolute atomic E-state index is 0.0877. The molecule has 1 aromatic carbocycles. The van der Waals surface area contributed by atoms with Crippen LogP contribution in [0.1, 0.15) is 11.4 Å². The molecule has 0 aliphatic carbocycles. The van der Waals surface area contributed by atoms with E-state index in [4.69, 9.17) is 4.74 Å². The van der Waals surface area contributed by atoms with Crippen LogP contribution in [0.4, 0.5) is 10.1 Å². The van der Waals surface area contributed by atoms with E-state index in [-0.39, 0.29) is 12.5 Å². The average Bonchev–Trinajstić information content (AvgIpc) is 2.69. The Morgan fingerprint density at radius 3 is 2.84 bits per heavy atom. The second kappa shape index (κ2) is 4.08. The summed E-state index contributed by atoms with van der Waals surface area (Å²) >= 11 is 0. The van der Waals surface area contributed by atoms with Gasteiger partial charge in [-0.05, 0) is 19.9 Å². The monoisotopic (exact) mass is 261 g/mol. The van der Waals surface area contributed by atoms with Crippen molar-refractivity contribution in [3.05, 3.63) is 29.3 Å². The standard InChI is InChI=1S/C13H12FN3O2/c1-6-13(7(2)17-16-6)8-3-10-11(4-9(8)14)19-5-12(18)15-10/h3-4H,5H2,1-2H3,(H,15,18)(H,16,17). The summed E-state index contributed by atoms with van der Waals surface area (Å²) < 4.78 is 19.3. The highest BCUT2D eigenvalue weighted by Crippen LogP contribution is 2.36. The number of amides is 1. The van der Waals surface area contributed by atoms with E-state index in [2.05, 4.69) is 15.5 Å². The molecular weight excluding hydrogens is 249 g/mol. The van der Waals surface area contributed by atoms with E-state index in [1.807, 2.05) is 6.92 Å². The van der Waals surface area contributed by atoms with Crippen LogP contribution in [0.2, 0.25) is 0 Å². The number of benzene rings is 1. The van der Waals surface area contributed by atoms with E-state index >= 15 is 0 Å². The molecule has 2 heterocycles. The van der Waals surface area contributed by atoms with Crippen LogP contribution in [0.25, 0.3) is 11.1 Å². The van der Waals surface area contributed by atoms with Crippen LogP contribution in [-0.2, 0) is 4.79 Å². The molecule has 2 N–H and O–H groups in total. The normalized spacial score (nSPS) is 13.7. The molecule has 1 aromatic heterocycles. The number of nitrogens with zero attached hydrogens (tertiary/aromatic N) is 1. The van der Waals surface area contributed by atoms with Crippen molar-refractivity contribution in [1.82, 2.24) is 10.2 Å². The van der Waals surface area contributed by atoms with Gasteiger partial charge in [-0.25, -0.2) is 4.39 Å². The van der Waals surface area contributed by atoms with Crippen LogP contribution in [0.15, 0.2) is 12.1 Å². The molecule has 0 spiro atoms. The molecule has 2 aromatic rings. The van der Waals surface area contributed by atoms with Gasteiger partial charge in [0, 0.05) is 22.9 Å². The number of anilines is 1. The molecule has 0 saturated heterocycles. The summed E-state index contributed by atoms with van der Waals surface area (Å²) in [6, 6.07) is 2.86. The first-order valence-corrected chi connectivity index (χ1v) is 5.84. The predicted molar refractivity (Wildman–Crippen MR) is 67.6 cm³/mol. The Hall–Kier alpha value is -2.37. The van der Waals surface area contributed by atoms with Gasteiger partial charge in [0.05, 0.1) is 11.4 Å². The number of H-pyrrole nitrogens is 1. The number of hydrogen-bond donors (Lipinski definition) is 2. The molecule has 6 heteroatoms. The Morgan fingerprint density at radius 2 is 2.16 bits per heavy atom. The fourth-order valence-electron chi connectivity index (χ4n) is 2.24. The summed E-state index contributed by atoms with van der Waals surface area (Å²) in [6.45, 7) is 3.53. The molecule has 5 nitrogen and oxygen atoms in total. The number of aryl methyl sites for hydroxylation is 2. The third-order valence-electron chi connectivity index (χ3n) is 3.10. The Labute approximate surface area is 108 Å². The van der Waals surface area contributed by atoms with Crippen molar-refractivity contribution in [2.45, 2.75) is 13.8 Å². The van der Waals surface area contributed by atoms with Crippen molar-refractivity contribution >= 4 is 11.6 Å². The summed E-state index contributed by atoms with van der Waals surface area (Å²) in [7, 11) is 0. The molecule has 0 atom stereocenters. The number of nitrogens with one attached hydrogen (secondary N) is 2. The quantitative estimate of drug-likeness (QED) is 0.826. The molecule has 0 fully saturated rings. The summed E-state index contributed by atoms with van der Waals surface area (Å²) in [6.07, 6.45) is 0. The van der Waals surface area contributed by atoms with E-state index in [9.17, 15) is 9.18 Å². The molecule has 0 bridgehead atoms. The fraction of sp³-hybridized carbons (Fsp3) is 0.231. The van der Waals surface area contributed by atoms with E-state index < -0.39 is 5.82 Å². The highest BCUT2D eigenvalue weighted by molar-refractivity contribution is 5.96. The van der Waals surface area contributed by atoms with Gasteiger partial charge < -0.3 is 10.1 Å². The fourth-order valence-corrected chi connectivity index (χ4v) is 2.24. The lowest BCUT2D eigenvalue weighted by Gasteiger charge is -2.19. The second-order valence-corrected chi connectivity index (χ2v) is 4.47. The van der Waals surface area contributed by atoms with Crippen LogP contribution >= 0.6 is 0 Å². The van der Waals surface area contributed by atoms with Crippen LogP contribution in [0.5, 0.6) is 5.75 Å². The lowest BCUT2D eigenvalue weighted by Crippen LogP contribution is -2.25. The third kappa shape index (κ3) is 1.85. The first-order chi connectivity index (χ1) is 9.06. The number of aromatic amines is 1. The molecule has 0 radical (unpaired) electrons. The van der Waals surface area contributed by atoms with Crippen LogP contribution in [0.3, 0.4) is 0 Å². The zero-order valence-corrected chi connectivity index (χ0v) is 10.5. The summed E-state index contributed by atoms with van der Waals surface area (Å²) in [4.78, 5) is 11.3. The van der Waals surface area contributed by atoms with Gasteiger partial charge in [-0.3, -0.25) is 9.89 Å². The lowest BCUT2D eigenvalue weighted by molar-refractivity contribution is -0.118. The van der Waals surface area contributed by atoms with Gasteiger partial charge in [0.15, 0.2) is 6.61 Å². The van der Waals surface area contributed by atoms with Crippen molar-refractivity contribution in [1.29, 1.82) is 0 Å². The minimum atomic E-state index is -0.400. The second-order valence-electron chi connectivity index (χ2n) is 4.47. The first-order valence-electron chi connectivity index (χ1n) is 5.84. The maximum Gasteiger partial charge on any atom is 0.262 e. The minimum Gasteiger partial charge on any atom is -0.481 e. The molecule has 0 saturated carbocycles. The van der Waals surface area contributed by atoms with Gasteiger partial charge in [0.25, 0.3) is 5.91 Å². The topological polar surface area (TPSA) is 67.0 Å². The van der Waals surface area contributed by atoms with Gasteiger partial charge >= 0.3 is 0 Å². The molecule has 0 unspecified atom stereocenters. The van der Waals surface area contributed by atoms with Crippen molar-refractivity contribution in [3.63, 3.8) is 0 Å². The number of halogens is 1. The predicted octanol–water partition coefficient (Wildman–Crippen LogP) is 2.16. The van der Waals surface area contributed by atoms with E-state index in [1.54, 1.807) is 13.0 Å². The van der Waals surface area contributed by atoms with Crippen molar-refractivity contribution < 1.29 is 13.9 Å². The van der Waals surface area contributed by atoms with Gasteiger partial charge in [0.2, 0.25) is 0 Å². The summed E-state index contributed by atoms with van der Waals surface area (Å²) in [5.74, 6) is -0.298. The van der Waals surface area contributed by atoms with E-state index in [1.165, 1.54) is 6.07 Å². The zero-order valence-electron chi connectivity index (χ0n) is 10.5. The van der Waals surface area contributed by atoms with E-state index in [0.717, 1.165) is 5.69 Å². The highest BCUT2D eigenvalue weighted by atomic mass is 19.1. The summed E-state index contributed by atoms with van der Waals surface area (Å²) in [5, 5.41) is 9.53. The van der Waals surface area contributed by atoms with Gasteiger partial charge in [-0.15, -0.1) is 0 Å². The Balaban J connectivity index is 2.18. The van der Waals surface area contributed by atoms with Crippen LogP contribution < -0.4 is 10.1 Å². The molecular formula is C13H12FN3O2. The lowest BCUT2D eigenvalue weighted by atomic mass is 10.0. The van der Waals surface area contributed by atoms with Crippen molar-refractivity contribution in [2.75, 3.05) is 11.9 Å². The van der Waals surface area contributed by atoms with Gasteiger partial charge in [-0.2, -0.15) is 5.10 Å². The Bertz CT molecular complexity index is 659. The SMILES string of the molecule is Cc1n[nH]c(C)c1-c1cc2c(cc1F)OCC(=O)N2.